The van der Waals surface area contributed by atoms with E-state index in [1.165, 1.54) is 24.8 Å². The maximum absolute atomic E-state index is 9.44. The Balaban J connectivity index is 1.57. The Morgan fingerprint density at radius 3 is 2.41 bits per heavy atom. The van der Waals surface area contributed by atoms with Crippen LogP contribution in [0.5, 0.6) is 0 Å². The predicted octanol–water partition coefficient (Wildman–Crippen LogP) is 5.08. The summed E-state index contributed by atoms with van der Waals surface area (Å²) in [4.78, 5) is 14.6. The summed E-state index contributed by atoms with van der Waals surface area (Å²) in [6.07, 6.45) is 6.97. The van der Waals surface area contributed by atoms with Crippen LogP contribution < -0.4 is 5.73 Å². The molecular weight excluding hydrogens is 482 g/mol. The van der Waals surface area contributed by atoms with Crippen LogP contribution in [0.3, 0.4) is 0 Å². The minimum Gasteiger partial charge on any atom is -0.370 e. The fourth-order valence-corrected chi connectivity index (χ4v) is 6.95. The summed E-state index contributed by atoms with van der Waals surface area (Å²) >= 11 is 0. The molecule has 3 aliphatic rings. The van der Waals surface area contributed by atoms with Crippen molar-refractivity contribution in [3.63, 3.8) is 0 Å². The number of nitrogens with one attached hydrogen (secondary N) is 1. The van der Waals surface area contributed by atoms with Crippen molar-refractivity contribution in [1.29, 1.82) is 5.41 Å². The number of benzene rings is 1. The van der Waals surface area contributed by atoms with Gasteiger partial charge in [0.1, 0.15) is 0 Å². The van der Waals surface area contributed by atoms with Crippen LogP contribution in [0.25, 0.3) is 0 Å². The highest BCUT2D eigenvalue weighted by atomic mass is 15.5. The summed E-state index contributed by atoms with van der Waals surface area (Å²) < 4.78 is 0. The Morgan fingerprint density at radius 1 is 1.00 bits per heavy atom. The molecule has 0 aromatic heterocycles. The van der Waals surface area contributed by atoms with E-state index in [-0.39, 0.29) is 6.17 Å². The third-order valence-corrected chi connectivity index (χ3v) is 9.05. The lowest BCUT2D eigenvalue weighted by molar-refractivity contribution is 0.0682. The number of nitrogens with two attached hydrogens (primary N) is 1. The molecule has 4 atom stereocenters. The van der Waals surface area contributed by atoms with Gasteiger partial charge in [0.2, 0.25) is 0 Å². The Morgan fingerprint density at radius 2 is 1.74 bits per heavy atom. The van der Waals surface area contributed by atoms with Crippen LogP contribution in [0.4, 0.5) is 0 Å². The monoisotopic (exact) mass is 537 g/mol. The first-order valence-corrected chi connectivity index (χ1v) is 15.6. The molecule has 3 N–H and O–H groups in total. The van der Waals surface area contributed by atoms with Crippen LogP contribution in [0.1, 0.15) is 79.2 Å². The maximum Gasteiger partial charge on any atom is 0.195 e. The highest BCUT2D eigenvalue weighted by molar-refractivity contribution is 5.80. The maximum atomic E-state index is 9.44. The van der Waals surface area contributed by atoms with Crippen LogP contribution in [-0.4, -0.2) is 88.5 Å². The largest absolute Gasteiger partial charge is 0.370 e. The Bertz CT molecular complexity index is 943. The molecule has 7 nitrogen and oxygen atoms in total. The smallest absolute Gasteiger partial charge is 0.195 e. The zero-order valence-corrected chi connectivity index (χ0v) is 25.5. The van der Waals surface area contributed by atoms with Gasteiger partial charge in [-0.25, -0.2) is 0 Å². The van der Waals surface area contributed by atoms with E-state index in [4.69, 9.17) is 5.73 Å². The zero-order chi connectivity index (χ0) is 28.1. The Labute approximate surface area is 238 Å². The average Bonchev–Trinajstić information content (AvgIpc) is 3.57. The normalized spacial score (nSPS) is 25.2. The topological polar surface area (TPSA) is 75.2 Å². The van der Waals surface area contributed by atoms with Crippen molar-refractivity contribution in [1.82, 2.24) is 19.6 Å². The van der Waals surface area contributed by atoms with Gasteiger partial charge in [-0.15, -0.1) is 0 Å². The van der Waals surface area contributed by atoms with Crippen molar-refractivity contribution < 1.29 is 0 Å². The fraction of sp³-hybridized carbons (Fsp3) is 0.750. The third kappa shape index (κ3) is 7.27. The lowest BCUT2D eigenvalue weighted by Crippen LogP contribution is -2.56. The molecule has 0 spiro atoms. The van der Waals surface area contributed by atoms with E-state index < -0.39 is 0 Å². The fourth-order valence-electron chi connectivity index (χ4n) is 6.95. The van der Waals surface area contributed by atoms with Gasteiger partial charge in [-0.2, -0.15) is 0 Å². The zero-order valence-electron chi connectivity index (χ0n) is 25.5. The predicted molar refractivity (Wildman–Crippen MR) is 164 cm³/mol. The van der Waals surface area contributed by atoms with Gasteiger partial charge in [-0.1, -0.05) is 71.9 Å². The van der Waals surface area contributed by atoms with E-state index in [9.17, 15) is 5.41 Å². The summed E-state index contributed by atoms with van der Waals surface area (Å²) in [5, 5.41) is 9.44. The van der Waals surface area contributed by atoms with Crippen molar-refractivity contribution in [2.45, 2.75) is 104 Å². The third-order valence-electron chi connectivity index (χ3n) is 9.05. The highest BCUT2D eigenvalue weighted by Crippen LogP contribution is 2.32. The number of hydrogen-bond donors (Lipinski definition) is 2. The Hall–Kier alpha value is -2.28. The van der Waals surface area contributed by atoms with Crippen molar-refractivity contribution in [2.75, 3.05) is 32.7 Å². The molecule has 2 saturated heterocycles. The molecule has 0 bridgehead atoms. The van der Waals surface area contributed by atoms with Crippen molar-refractivity contribution in [3.8, 4) is 0 Å². The number of guanidine groups is 2. The number of hydrogen-bond acceptors (Lipinski definition) is 5. The summed E-state index contributed by atoms with van der Waals surface area (Å²) in [6.45, 7) is 18.6. The van der Waals surface area contributed by atoms with E-state index in [1.54, 1.807) is 0 Å². The first-order chi connectivity index (χ1) is 18.7. The summed E-state index contributed by atoms with van der Waals surface area (Å²) in [5.41, 5.74) is 7.80. The first-order valence-electron chi connectivity index (χ1n) is 15.6. The number of nitrogens with zero attached hydrogens (tertiary/aromatic N) is 5. The molecule has 3 aliphatic heterocycles. The molecule has 7 heteroatoms. The molecular formula is C32H55N7. The molecule has 3 heterocycles. The van der Waals surface area contributed by atoms with Gasteiger partial charge in [0.15, 0.2) is 11.9 Å². The quantitative estimate of drug-likeness (QED) is 0.367. The van der Waals surface area contributed by atoms with Gasteiger partial charge in [-0.05, 0) is 55.4 Å². The van der Waals surface area contributed by atoms with Crippen molar-refractivity contribution >= 4 is 11.9 Å². The summed E-state index contributed by atoms with van der Waals surface area (Å²) in [7, 11) is 0. The first kappa shape index (κ1) is 29.7. The summed E-state index contributed by atoms with van der Waals surface area (Å²) in [6, 6.07) is 12.1. The minimum atomic E-state index is 0.174. The van der Waals surface area contributed by atoms with Crippen LogP contribution in [0, 0.1) is 23.2 Å². The molecule has 0 aliphatic carbocycles. The standard InChI is InChI=1S/C32H55N7/c1-23(2)12-10-17-37-29(25(5)6)22-39(32(37)34)30(19-26-13-8-7-9-14-26)36-16-11-15-27(36)21-38-28(18-24(3)4)20-35-31(38)33/h7-9,13-14,23-25,27-30,34H,10-12,15-22H2,1-6H3,(H2,33,35)/t27-,28+,29-,30+/m0/s1. The van der Waals surface area contributed by atoms with Gasteiger partial charge >= 0.3 is 0 Å². The van der Waals surface area contributed by atoms with Gasteiger partial charge in [0.25, 0.3) is 0 Å². The van der Waals surface area contributed by atoms with Crippen LogP contribution in [-0.2, 0) is 6.42 Å². The minimum absolute atomic E-state index is 0.174. The number of aliphatic imine (C=N–C) groups is 1. The van der Waals surface area contributed by atoms with Gasteiger partial charge < -0.3 is 20.4 Å². The lowest BCUT2D eigenvalue weighted by Gasteiger charge is -2.41. The molecule has 218 valence electrons. The van der Waals surface area contributed by atoms with Gasteiger partial charge in [-0.3, -0.25) is 15.3 Å². The molecule has 0 unspecified atom stereocenters. The Kier molecular flexibility index (Phi) is 10.2. The second-order valence-corrected chi connectivity index (χ2v) is 13.4. The van der Waals surface area contributed by atoms with Gasteiger partial charge in [0.05, 0.1) is 24.8 Å². The molecule has 1 aromatic rings. The molecule has 2 fully saturated rings. The highest BCUT2D eigenvalue weighted by Gasteiger charge is 2.44. The molecule has 4 rings (SSSR count). The molecule has 0 amide bonds. The molecule has 1 aromatic carbocycles. The van der Waals surface area contributed by atoms with E-state index in [2.05, 4.69) is 96.5 Å². The number of rotatable bonds is 13. The SMILES string of the molecule is CC(C)CCCN1C(=N)N([C@H](Cc2ccccc2)N2CCC[C@H]2CN2C(N)=NC[C@H]2CC(C)C)C[C@H]1C(C)C. The van der Waals surface area contributed by atoms with Crippen molar-refractivity contribution in [3.05, 3.63) is 35.9 Å². The van der Waals surface area contributed by atoms with Crippen molar-refractivity contribution in [2.24, 2.45) is 28.5 Å². The molecule has 0 radical (unpaired) electrons. The van der Waals surface area contributed by atoms with Crippen LogP contribution in [0.15, 0.2) is 35.3 Å². The second-order valence-electron chi connectivity index (χ2n) is 13.4. The van der Waals surface area contributed by atoms with Crippen LogP contribution >= 0.6 is 0 Å². The molecule has 39 heavy (non-hydrogen) atoms. The molecule has 0 saturated carbocycles. The van der Waals surface area contributed by atoms with Crippen LogP contribution in [0.2, 0.25) is 0 Å². The average molecular weight is 538 g/mol. The van der Waals surface area contributed by atoms with E-state index in [1.807, 2.05) is 0 Å². The second kappa shape index (κ2) is 13.4. The van der Waals surface area contributed by atoms with Gasteiger partial charge in [0, 0.05) is 38.6 Å². The summed E-state index contributed by atoms with van der Waals surface area (Å²) in [5.74, 6) is 3.29. The van der Waals surface area contributed by atoms with E-state index in [0.717, 1.165) is 63.9 Å². The number of likely N-dealkylation sites (tertiary alicyclic amines) is 1. The lowest BCUT2D eigenvalue weighted by atomic mass is 10.0. The van der Waals surface area contributed by atoms with E-state index >= 15 is 0 Å². The van der Waals surface area contributed by atoms with E-state index in [0.29, 0.717) is 35.9 Å².